The molecular weight excluding hydrogens is 437 g/mol. The molecule has 0 radical (unpaired) electrons. The quantitative estimate of drug-likeness (QED) is 0.498. The minimum absolute atomic E-state index is 0. The molecule has 0 spiro atoms. The van der Waals surface area contributed by atoms with Gasteiger partial charge >= 0.3 is 0 Å². The van der Waals surface area contributed by atoms with Crippen LogP contribution in [0.3, 0.4) is 0 Å². The average Bonchev–Trinajstić information content (AvgIpc) is 2.68. The first-order chi connectivity index (χ1) is 12.1. The van der Waals surface area contributed by atoms with E-state index in [0.29, 0.717) is 0 Å². The summed E-state index contributed by atoms with van der Waals surface area (Å²) in [6, 6.07) is 19.7. The number of halogens is 1. The minimum atomic E-state index is -1.12. The Bertz CT molecular complexity index is 625. The van der Waals surface area contributed by atoms with Gasteiger partial charge in [0.15, 0.2) is 0 Å². The maximum absolute atomic E-state index is 11.5. The maximum Gasteiger partial charge on any atom is 0.138 e. The molecule has 0 aromatic heterocycles. The van der Waals surface area contributed by atoms with Crippen LogP contribution in [0.1, 0.15) is 30.9 Å². The highest BCUT2D eigenvalue weighted by Crippen LogP contribution is 2.31. The average molecular weight is 467 g/mol. The summed E-state index contributed by atoms with van der Waals surface area (Å²) in [4.78, 5) is 0. The predicted octanol–water partition coefficient (Wildman–Crippen LogP) is 0.572. The van der Waals surface area contributed by atoms with E-state index in [-0.39, 0.29) is 36.7 Å². The van der Waals surface area contributed by atoms with E-state index in [1.54, 1.807) is 0 Å². The Balaban J connectivity index is 0.00000243. The van der Waals surface area contributed by atoms with Crippen molar-refractivity contribution in [2.24, 2.45) is 0 Å². The molecule has 1 heterocycles. The number of hydrogen-bond acceptors (Lipinski definition) is 2. The molecule has 142 valence electrons. The van der Waals surface area contributed by atoms with Crippen molar-refractivity contribution >= 4 is 0 Å². The lowest BCUT2D eigenvalue weighted by molar-refractivity contribution is -0.915. The van der Waals surface area contributed by atoms with E-state index in [2.05, 4.69) is 14.0 Å². The first-order valence-corrected chi connectivity index (χ1v) is 9.34. The van der Waals surface area contributed by atoms with Gasteiger partial charge in [0.1, 0.15) is 18.2 Å². The van der Waals surface area contributed by atoms with Crippen molar-refractivity contribution in [2.75, 3.05) is 33.3 Å². The number of rotatable bonds is 6. The predicted molar refractivity (Wildman–Crippen MR) is 101 cm³/mol. The highest BCUT2D eigenvalue weighted by Gasteiger charge is 2.36. The third kappa shape index (κ3) is 4.85. The molecule has 4 heteroatoms. The van der Waals surface area contributed by atoms with Crippen molar-refractivity contribution in [3.63, 3.8) is 0 Å². The van der Waals surface area contributed by atoms with Crippen molar-refractivity contribution in [1.82, 2.24) is 0 Å². The van der Waals surface area contributed by atoms with Gasteiger partial charge < -0.3 is 38.3 Å². The van der Waals surface area contributed by atoms with Crippen LogP contribution in [0.2, 0.25) is 0 Å². The van der Waals surface area contributed by atoms with E-state index in [4.69, 9.17) is 4.74 Å². The Hall–Kier alpha value is -0.950. The fourth-order valence-corrected chi connectivity index (χ4v) is 3.80. The Morgan fingerprint density at radius 2 is 1.58 bits per heavy atom. The van der Waals surface area contributed by atoms with Crippen LogP contribution in [-0.2, 0) is 10.3 Å². The first kappa shape index (κ1) is 21.4. The number of aliphatic hydroxyl groups is 1. The molecular formula is C22H30INO2. The third-order valence-corrected chi connectivity index (χ3v) is 5.66. The lowest BCUT2D eigenvalue weighted by Crippen LogP contribution is -3.00. The third-order valence-electron chi connectivity index (χ3n) is 5.66. The summed E-state index contributed by atoms with van der Waals surface area (Å²) < 4.78 is 7.34. The molecule has 2 aromatic carbocycles. The first-order valence-electron chi connectivity index (χ1n) is 9.34. The normalized spacial score (nSPS) is 23.3. The van der Waals surface area contributed by atoms with Gasteiger partial charge in [-0.05, 0) is 30.9 Å². The van der Waals surface area contributed by atoms with Crippen LogP contribution in [0.15, 0.2) is 60.7 Å². The van der Waals surface area contributed by atoms with Gasteiger partial charge in [0.05, 0.1) is 26.7 Å². The number of likely N-dealkylation sites (tertiary alicyclic amines) is 1. The Labute approximate surface area is 174 Å². The zero-order chi connectivity index (χ0) is 17.8. The topological polar surface area (TPSA) is 29.5 Å². The van der Waals surface area contributed by atoms with Crippen LogP contribution in [0.25, 0.3) is 0 Å². The van der Waals surface area contributed by atoms with Crippen molar-refractivity contribution in [3.05, 3.63) is 71.8 Å². The molecule has 3 nitrogen and oxygen atoms in total. The van der Waals surface area contributed by atoms with E-state index >= 15 is 0 Å². The van der Waals surface area contributed by atoms with E-state index in [1.165, 1.54) is 13.0 Å². The molecule has 1 fully saturated rings. The Morgan fingerprint density at radius 1 is 1.04 bits per heavy atom. The van der Waals surface area contributed by atoms with E-state index < -0.39 is 5.60 Å². The van der Waals surface area contributed by atoms with Gasteiger partial charge in [-0.15, -0.1) is 0 Å². The number of piperidine rings is 1. The number of benzene rings is 2. The maximum atomic E-state index is 11.5. The van der Waals surface area contributed by atoms with Gasteiger partial charge in [0.25, 0.3) is 0 Å². The highest BCUT2D eigenvalue weighted by atomic mass is 127. The van der Waals surface area contributed by atoms with Gasteiger partial charge in [-0.2, -0.15) is 0 Å². The molecule has 0 bridgehead atoms. The van der Waals surface area contributed by atoms with Gasteiger partial charge in [-0.25, -0.2) is 0 Å². The second-order valence-corrected chi connectivity index (χ2v) is 7.51. The zero-order valence-electron chi connectivity index (χ0n) is 15.8. The largest absolute Gasteiger partial charge is 1.00 e. The van der Waals surface area contributed by atoms with Crippen LogP contribution in [0.5, 0.6) is 0 Å². The number of hydrogen-bond donors (Lipinski definition) is 1. The smallest absolute Gasteiger partial charge is 0.138 e. The molecule has 2 aromatic rings. The van der Waals surface area contributed by atoms with Crippen molar-refractivity contribution in [3.8, 4) is 0 Å². The highest BCUT2D eigenvalue weighted by molar-refractivity contribution is 5.36. The second-order valence-electron chi connectivity index (χ2n) is 7.51. The van der Waals surface area contributed by atoms with Gasteiger partial charge in [-0.1, -0.05) is 60.7 Å². The SMILES string of the molecule is CC[N+]1(C)CCCC(OCC(O)(c2ccccc2)c2ccccc2)C1.[I-]. The van der Waals surface area contributed by atoms with Gasteiger partial charge in [0, 0.05) is 0 Å². The summed E-state index contributed by atoms with van der Waals surface area (Å²) in [7, 11) is 2.30. The van der Waals surface area contributed by atoms with E-state index in [9.17, 15) is 5.11 Å². The lowest BCUT2D eigenvalue weighted by atomic mass is 9.87. The van der Waals surface area contributed by atoms with Crippen LogP contribution in [0.4, 0.5) is 0 Å². The van der Waals surface area contributed by atoms with Crippen LogP contribution >= 0.6 is 0 Å². The summed E-state index contributed by atoms with van der Waals surface area (Å²) in [5.74, 6) is 0. The van der Waals surface area contributed by atoms with Crippen LogP contribution < -0.4 is 24.0 Å². The molecule has 1 aliphatic heterocycles. The Kier molecular flexibility index (Phi) is 7.64. The molecule has 1 aliphatic rings. The fourth-order valence-electron chi connectivity index (χ4n) is 3.80. The van der Waals surface area contributed by atoms with Crippen LogP contribution in [0, 0.1) is 0 Å². The van der Waals surface area contributed by atoms with Crippen molar-refractivity contribution in [1.29, 1.82) is 0 Å². The standard InChI is InChI=1S/C22H30NO2.HI/c1-3-23(2)16-10-15-21(17-23)25-18-22(24,19-11-6-4-7-12-19)20-13-8-5-9-14-20;/h4-9,11-14,21,24H,3,10,15-18H2,1-2H3;1H/q+1;/p-1. The Morgan fingerprint density at radius 3 is 2.08 bits per heavy atom. The summed E-state index contributed by atoms with van der Waals surface area (Å²) >= 11 is 0. The fraction of sp³-hybridized carbons (Fsp3) is 0.455. The van der Waals surface area contributed by atoms with Crippen molar-refractivity contribution in [2.45, 2.75) is 31.5 Å². The molecule has 1 saturated heterocycles. The van der Waals surface area contributed by atoms with E-state index in [0.717, 1.165) is 35.1 Å². The summed E-state index contributed by atoms with van der Waals surface area (Å²) in [5.41, 5.74) is 0.643. The molecule has 0 saturated carbocycles. The zero-order valence-corrected chi connectivity index (χ0v) is 17.9. The molecule has 2 unspecified atom stereocenters. The lowest BCUT2D eigenvalue weighted by Gasteiger charge is -2.41. The number of quaternary nitrogens is 1. The minimum Gasteiger partial charge on any atom is -1.00 e. The van der Waals surface area contributed by atoms with E-state index in [1.807, 2.05) is 60.7 Å². The van der Waals surface area contributed by atoms with Crippen LogP contribution in [-0.4, -0.2) is 49.0 Å². The molecule has 0 aliphatic carbocycles. The number of ether oxygens (including phenoxy) is 1. The van der Waals surface area contributed by atoms with Gasteiger partial charge in [0.2, 0.25) is 0 Å². The summed E-state index contributed by atoms with van der Waals surface area (Å²) in [5, 5.41) is 11.5. The molecule has 26 heavy (non-hydrogen) atoms. The summed E-state index contributed by atoms with van der Waals surface area (Å²) in [6.45, 7) is 5.90. The summed E-state index contributed by atoms with van der Waals surface area (Å²) in [6.07, 6.45) is 2.47. The molecule has 3 rings (SSSR count). The molecule has 0 amide bonds. The van der Waals surface area contributed by atoms with Gasteiger partial charge in [-0.3, -0.25) is 0 Å². The second kappa shape index (κ2) is 9.31. The van der Waals surface area contributed by atoms with Crippen molar-refractivity contribution < 1.29 is 38.3 Å². The number of nitrogens with zero attached hydrogens (tertiary/aromatic N) is 1. The molecule has 1 N–H and O–H groups in total. The number of likely N-dealkylation sites (N-methyl/N-ethyl adjacent to an activating group) is 1. The monoisotopic (exact) mass is 467 g/mol. The molecule has 2 atom stereocenters.